The van der Waals surface area contributed by atoms with Crippen LogP contribution in [-0.2, 0) is 25.8 Å². The molecule has 2 amide bonds. The monoisotopic (exact) mass is 390 g/mol. The first-order valence-electron chi connectivity index (χ1n) is 8.77. The second kappa shape index (κ2) is 8.34. The van der Waals surface area contributed by atoms with Gasteiger partial charge in [-0.3, -0.25) is 9.59 Å². The molecule has 1 aromatic carbocycles. The SMILES string of the molecule is O=C(Cc1ccc(-n2cccn2)cc1)NCCC(=O)N[C@@H]1CCS(=O)(=O)C1. The molecule has 1 saturated heterocycles. The zero-order chi connectivity index (χ0) is 19.3. The summed E-state index contributed by atoms with van der Waals surface area (Å²) in [6.45, 7) is 0.218. The molecular formula is C18H22N4O4S. The Kier molecular flexibility index (Phi) is 5.90. The van der Waals surface area contributed by atoms with Crippen molar-refractivity contribution in [2.24, 2.45) is 0 Å². The maximum absolute atomic E-state index is 12.0. The molecule has 0 aliphatic carbocycles. The number of amides is 2. The molecule has 8 nitrogen and oxygen atoms in total. The fourth-order valence-electron chi connectivity index (χ4n) is 2.96. The highest BCUT2D eigenvalue weighted by Crippen LogP contribution is 2.11. The number of rotatable bonds is 7. The van der Waals surface area contributed by atoms with Gasteiger partial charge in [0.1, 0.15) is 0 Å². The summed E-state index contributed by atoms with van der Waals surface area (Å²) in [6.07, 6.45) is 4.34. The zero-order valence-corrected chi connectivity index (χ0v) is 15.6. The molecule has 1 aliphatic heterocycles. The largest absolute Gasteiger partial charge is 0.355 e. The molecule has 1 aliphatic rings. The Hall–Kier alpha value is -2.68. The quantitative estimate of drug-likeness (QED) is 0.703. The summed E-state index contributed by atoms with van der Waals surface area (Å²) in [7, 11) is -3.02. The van der Waals surface area contributed by atoms with Crippen molar-refractivity contribution in [2.75, 3.05) is 18.1 Å². The van der Waals surface area contributed by atoms with Crippen molar-refractivity contribution in [3.05, 3.63) is 48.3 Å². The van der Waals surface area contributed by atoms with E-state index in [9.17, 15) is 18.0 Å². The zero-order valence-electron chi connectivity index (χ0n) is 14.8. The van der Waals surface area contributed by atoms with E-state index < -0.39 is 9.84 Å². The van der Waals surface area contributed by atoms with E-state index in [0.29, 0.717) is 6.42 Å². The van der Waals surface area contributed by atoms with E-state index in [1.165, 1.54) is 0 Å². The minimum absolute atomic E-state index is 0.000371. The summed E-state index contributed by atoms with van der Waals surface area (Å²) in [6, 6.07) is 9.03. The summed E-state index contributed by atoms with van der Waals surface area (Å²) >= 11 is 0. The number of aromatic nitrogens is 2. The lowest BCUT2D eigenvalue weighted by Crippen LogP contribution is -2.37. The van der Waals surface area contributed by atoms with Crippen molar-refractivity contribution in [3.63, 3.8) is 0 Å². The third kappa shape index (κ3) is 5.65. The molecule has 0 saturated carbocycles. The minimum Gasteiger partial charge on any atom is -0.355 e. The van der Waals surface area contributed by atoms with E-state index in [-0.39, 0.29) is 48.7 Å². The van der Waals surface area contributed by atoms with E-state index >= 15 is 0 Å². The lowest BCUT2D eigenvalue weighted by molar-refractivity contribution is -0.122. The highest BCUT2D eigenvalue weighted by molar-refractivity contribution is 7.91. The highest BCUT2D eigenvalue weighted by atomic mass is 32.2. The van der Waals surface area contributed by atoms with E-state index in [2.05, 4.69) is 15.7 Å². The van der Waals surface area contributed by atoms with Gasteiger partial charge in [-0.1, -0.05) is 12.1 Å². The minimum atomic E-state index is -3.02. The van der Waals surface area contributed by atoms with Gasteiger partial charge in [-0.25, -0.2) is 13.1 Å². The highest BCUT2D eigenvalue weighted by Gasteiger charge is 2.28. The van der Waals surface area contributed by atoms with Gasteiger partial charge in [-0.2, -0.15) is 5.10 Å². The van der Waals surface area contributed by atoms with Crippen LogP contribution in [0.15, 0.2) is 42.7 Å². The van der Waals surface area contributed by atoms with Crippen molar-refractivity contribution in [2.45, 2.75) is 25.3 Å². The second-order valence-electron chi connectivity index (χ2n) is 6.56. The van der Waals surface area contributed by atoms with Gasteiger partial charge in [0, 0.05) is 31.4 Å². The maximum atomic E-state index is 12.0. The van der Waals surface area contributed by atoms with E-state index in [1.807, 2.05) is 36.5 Å². The Morgan fingerprint density at radius 2 is 1.96 bits per heavy atom. The average Bonchev–Trinajstić information content (AvgIpc) is 3.25. The van der Waals surface area contributed by atoms with Crippen LogP contribution in [-0.4, -0.2) is 54.1 Å². The van der Waals surface area contributed by atoms with Crippen LogP contribution in [0, 0.1) is 0 Å². The third-order valence-electron chi connectivity index (χ3n) is 4.34. The average molecular weight is 390 g/mol. The Balaban J connectivity index is 1.37. The number of hydrogen-bond donors (Lipinski definition) is 2. The van der Waals surface area contributed by atoms with Gasteiger partial charge in [0.15, 0.2) is 9.84 Å². The molecular weight excluding hydrogens is 368 g/mol. The molecule has 0 bridgehead atoms. The molecule has 27 heavy (non-hydrogen) atoms. The van der Waals surface area contributed by atoms with Gasteiger partial charge in [-0.15, -0.1) is 0 Å². The van der Waals surface area contributed by atoms with Crippen LogP contribution in [0.5, 0.6) is 0 Å². The number of carbonyl (C=O) groups is 2. The van der Waals surface area contributed by atoms with Gasteiger partial charge in [0.05, 0.1) is 23.6 Å². The molecule has 2 N–H and O–H groups in total. The lowest BCUT2D eigenvalue weighted by Gasteiger charge is -2.11. The lowest BCUT2D eigenvalue weighted by atomic mass is 10.1. The Labute approximate surface area is 157 Å². The molecule has 1 fully saturated rings. The van der Waals surface area contributed by atoms with Crippen molar-refractivity contribution < 1.29 is 18.0 Å². The van der Waals surface area contributed by atoms with Crippen molar-refractivity contribution in [1.29, 1.82) is 0 Å². The molecule has 1 aromatic heterocycles. The Morgan fingerprint density at radius 3 is 2.59 bits per heavy atom. The number of benzene rings is 1. The van der Waals surface area contributed by atoms with E-state index in [1.54, 1.807) is 10.9 Å². The van der Waals surface area contributed by atoms with Crippen LogP contribution in [0.3, 0.4) is 0 Å². The first-order chi connectivity index (χ1) is 12.9. The number of hydrogen-bond acceptors (Lipinski definition) is 5. The Bertz CT molecular complexity index is 892. The Morgan fingerprint density at radius 1 is 1.19 bits per heavy atom. The van der Waals surface area contributed by atoms with Crippen LogP contribution in [0.4, 0.5) is 0 Å². The number of sulfone groups is 1. The third-order valence-corrected chi connectivity index (χ3v) is 6.11. The van der Waals surface area contributed by atoms with Crippen LogP contribution >= 0.6 is 0 Å². The fraction of sp³-hybridized carbons (Fsp3) is 0.389. The van der Waals surface area contributed by atoms with Gasteiger partial charge in [-0.05, 0) is 30.2 Å². The fourth-order valence-corrected chi connectivity index (χ4v) is 4.63. The summed E-state index contributed by atoms with van der Waals surface area (Å²) in [5.74, 6) is -0.299. The summed E-state index contributed by atoms with van der Waals surface area (Å²) in [5.41, 5.74) is 1.78. The normalized spacial score (nSPS) is 18.1. The molecule has 0 radical (unpaired) electrons. The number of nitrogens with one attached hydrogen (secondary N) is 2. The predicted molar refractivity (Wildman–Crippen MR) is 100 cm³/mol. The van der Waals surface area contributed by atoms with Crippen LogP contribution in [0.25, 0.3) is 5.69 Å². The molecule has 2 aromatic rings. The summed E-state index contributed by atoms with van der Waals surface area (Å²) in [4.78, 5) is 23.8. The molecule has 9 heteroatoms. The van der Waals surface area contributed by atoms with E-state index in [4.69, 9.17) is 0 Å². The van der Waals surface area contributed by atoms with Crippen molar-refractivity contribution in [3.8, 4) is 5.69 Å². The first-order valence-corrected chi connectivity index (χ1v) is 10.6. The molecule has 2 heterocycles. The van der Waals surface area contributed by atoms with Crippen molar-refractivity contribution in [1.82, 2.24) is 20.4 Å². The topological polar surface area (TPSA) is 110 Å². The predicted octanol–water partition coefficient (Wildman–Crippen LogP) is 0.224. The molecule has 0 spiro atoms. The number of nitrogens with zero attached hydrogens (tertiary/aromatic N) is 2. The van der Waals surface area contributed by atoms with Crippen molar-refractivity contribution >= 4 is 21.7 Å². The number of carbonyl (C=O) groups excluding carboxylic acids is 2. The standard InChI is InChI=1S/C18H22N4O4S/c23-17(21-15-7-11-27(25,26)13-15)6-9-19-18(24)12-14-2-4-16(5-3-14)22-10-1-8-20-22/h1-5,8,10,15H,6-7,9,11-13H2,(H,19,24)(H,21,23)/t15-/m1/s1. The molecule has 144 valence electrons. The van der Waals surface area contributed by atoms with Gasteiger partial charge in [0.25, 0.3) is 0 Å². The van der Waals surface area contributed by atoms with Gasteiger partial charge in [0.2, 0.25) is 11.8 Å². The summed E-state index contributed by atoms with van der Waals surface area (Å²) < 4.78 is 24.5. The maximum Gasteiger partial charge on any atom is 0.224 e. The van der Waals surface area contributed by atoms with Crippen LogP contribution < -0.4 is 10.6 Å². The molecule has 0 unspecified atom stereocenters. The summed E-state index contributed by atoms with van der Waals surface area (Å²) in [5, 5.41) is 9.55. The smallest absolute Gasteiger partial charge is 0.224 e. The molecule has 1 atom stereocenters. The second-order valence-corrected chi connectivity index (χ2v) is 8.79. The van der Waals surface area contributed by atoms with E-state index in [0.717, 1.165) is 11.3 Å². The van der Waals surface area contributed by atoms with Crippen LogP contribution in [0.2, 0.25) is 0 Å². The van der Waals surface area contributed by atoms with Crippen LogP contribution in [0.1, 0.15) is 18.4 Å². The first kappa shape index (κ1) is 19.1. The van der Waals surface area contributed by atoms with Gasteiger partial charge < -0.3 is 10.6 Å². The van der Waals surface area contributed by atoms with Gasteiger partial charge >= 0.3 is 0 Å². The molecule has 3 rings (SSSR count).